The van der Waals surface area contributed by atoms with Gasteiger partial charge in [0.1, 0.15) is 18.1 Å². The van der Waals surface area contributed by atoms with Crippen LogP contribution in [0.1, 0.15) is 28.1 Å². The molecule has 0 spiro atoms. The summed E-state index contributed by atoms with van der Waals surface area (Å²) in [6.45, 7) is 4.58. The highest BCUT2D eigenvalue weighted by Crippen LogP contribution is 2.30. The van der Waals surface area contributed by atoms with Gasteiger partial charge in [0.05, 0.1) is 35.2 Å². The van der Waals surface area contributed by atoms with Gasteiger partial charge >= 0.3 is 0 Å². The molecule has 4 rings (SSSR count). The summed E-state index contributed by atoms with van der Waals surface area (Å²) in [5, 5.41) is 8.84. The van der Waals surface area contributed by atoms with Gasteiger partial charge in [-0.1, -0.05) is 47.5 Å². The van der Waals surface area contributed by atoms with Gasteiger partial charge < -0.3 is 14.8 Å². The van der Waals surface area contributed by atoms with Crippen LogP contribution in [-0.2, 0) is 17.9 Å². The second-order valence-electron chi connectivity index (χ2n) is 8.55. The number of hydrogen-bond acceptors (Lipinski definition) is 4. The zero-order valence-corrected chi connectivity index (χ0v) is 24.2. The zero-order valence-electron chi connectivity index (χ0n) is 21.1. The summed E-state index contributed by atoms with van der Waals surface area (Å²) >= 11 is 15.8. The number of ether oxygens (including phenoxy) is 2. The Hall–Kier alpha value is -3.26. The van der Waals surface area contributed by atoms with Crippen molar-refractivity contribution in [1.29, 1.82) is 0 Å². The average molecular weight is 615 g/mol. The first-order valence-electron chi connectivity index (χ1n) is 11.8. The molecule has 3 aromatic carbocycles. The summed E-state index contributed by atoms with van der Waals surface area (Å²) in [7, 11) is 1.61. The lowest BCUT2D eigenvalue weighted by molar-refractivity contribution is -0.111. The fourth-order valence-electron chi connectivity index (χ4n) is 3.92. The highest BCUT2D eigenvalue weighted by Gasteiger charge is 2.14. The molecule has 0 aliphatic rings. The number of rotatable bonds is 9. The molecule has 0 saturated carbocycles. The van der Waals surface area contributed by atoms with Gasteiger partial charge in [0, 0.05) is 21.7 Å². The predicted molar refractivity (Wildman–Crippen MR) is 156 cm³/mol. The molecule has 0 saturated heterocycles. The Morgan fingerprint density at radius 3 is 2.55 bits per heavy atom. The molecular weight excluding hydrogens is 589 g/mol. The Morgan fingerprint density at radius 2 is 1.82 bits per heavy atom. The third-order valence-corrected chi connectivity index (χ3v) is 7.14. The third kappa shape index (κ3) is 6.78. The number of carbonyl (C=O) groups excluding carboxylic acids is 1. The van der Waals surface area contributed by atoms with Crippen molar-refractivity contribution in [2.45, 2.75) is 27.0 Å². The average Bonchev–Trinajstić information content (AvgIpc) is 3.15. The van der Waals surface area contributed by atoms with E-state index in [1.165, 1.54) is 6.08 Å². The Morgan fingerprint density at radius 1 is 1.05 bits per heavy atom. The van der Waals surface area contributed by atoms with Crippen LogP contribution >= 0.6 is 39.1 Å². The maximum atomic E-state index is 12.8. The van der Waals surface area contributed by atoms with Crippen LogP contribution in [0, 0.1) is 13.8 Å². The number of amides is 1. The molecule has 1 heterocycles. The first-order valence-corrected chi connectivity index (χ1v) is 13.3. The summed E-state index contributed by atoms with van der Waals surface area (Å²) in [6, 6.07) is 18.6. The van der Waals surface area contributed by atoms with Crippen molar-refractivity contribution in [1.82, 2.24) is 9.78 Å². The van der Waals surface area contributed by atoms with E-state index in [-0.39, 0.29) is 12.5 Å². The molecule has 9 heteroatoms. The Kier molecular flexibility index (Phi) is 9.15. The number of aryl methyl sites for hydroxylation is 1. The summed E-state index contributed by atoms with van der Waals surface area (Å²) < 4.78 is 14.0. The highest BCUT2D eigenvalue weighted by molar-refractivity contribution is 9.10. The number of hydrogen-bond donors (Lipinski definition) is 1. The Balaban J connectivity index is 1.45. The molecule has 38 heavy (non-hydrogen) atoms. The van der Waals surface area contributed by atoms with Crippen LogP contribution in [0.4, 0.5) is 5.69 Å². The van der Waals surface area contributed by atoms with Crippen molar-refractivity contribution in [2.75, 3.05) is 12.4 Å². The van der Waals surface area contributed by atoms with Crippen molar-refractivity contribution >= 4 is 56.8 Å². The van der Waals surface area contributed by atoms with Gasteiger partial charge in [0.15, 0.2) is 0 Å². The van der Waals surface area contributed by atoms with Gasteiger partial charge in [0.2, 0.25) is 5.91 Å². The molecule has 1 aromatic heterocycles. The molecular formula is C29H26BrCl2N3O3. The van der Waals surface area contributed by atoms with Crippen LogP contribution in [-0.4, -0.2) is 22.8 Å². The van der Waals surface area contributed by atoms with Gasteiger partial charge in [-0.2, -0.15) is 5.10 Å². The maximum Gasteiger partial charge on any atom is 0.248 e. The lowest BCUT2D eigenvalue weighted by atomic mass is 10.1. The molecule has 0 radical (unpaired) electrons. The molecule has 0 bridgehead atoms. The summed E-state index contributed by atoms with van der Waals surface area (Å²) in [5.41, 5.74) is 4.89. The van der Waals surface area contributed by atoms with E-state index in [4.69, 9.17) is 32.7 Å². The van der Waals surface area contributed by atoms with Crippen molar-refractivity contribution < 1.29 is 14.3 Å². The molecule has 1 N–H and O–H groups in total. The van der Waals surface area contributed by atoms with Gasteiger partial charge in [-0.15, -0.1) is 0 Å². The topological polar surface area (TPSA) is 65.4 Å². The Labute approximate surface area is 240 Å². The number of anilines is 1. The van der Waals surface area contributed by atoms with E-state index < -0.39 is 0 Å². The molecule has 0 fully saturated rings. The standard InChI is InChI=1S/C29H26BrCl2N3O3/c1-18-29(19(2)35(34-18)16-21-6-4-5-7-25(21)32)33-28(36)13-9-20-8-11-26(37-3)22(14-20)17-38-27-12-10-23(31)15-24(27)30/h4-15H,16-17H2,1-3H3,(H,33,36)/b13-9-. The zero-order chi connectivity index (χ0) is 27.2. The number of carbonyl (C=O) groups is 1. The van der Waals surface area contributed by atoms with Crippen LogP contribution in [0.25, 0.3) is 6.08 Å². The van der Waals surface area contributed by atoms with Gasteiger partial charge in [-0.25, -0.2) is 0 Å². The van der Waals surface area contributed by atoms with Crippen LogP contribution in [0.5, 0.6) is 11.5 Å². The minimum atomic E-state index is -0.257. The SMILES string of the molecule is COc1ccc(/C=C\C(=O)Nc2c(C)nn(Cc3ccccc3Cl)c2C)cc1COc1ccc(Cl)cc1Br. The van der Waals surface area contributed by atoms with E-state index >= 15 is 0 Å². The molecule has 0 aliphatic carbocycles. The number of nitrogens with zero attached hydrogens (tertiary/aromatic N) is 2. The van der Waals surface area contributed by atoms with E-state index in [0.717, 1.165) is 32.6 Å². The molecule has 6 nitrogen and oxygen atoms in total. The van der Waals surface area contributed by atoms with Crippen molar-refractivity contribution in [3.05, 3.63) is 109 Å². The number of aromatic nitrogens is 2. The van der Waals surface area contributed by atoms with Crippen LogP contribution in [0.3, 0.4) is 0 Å². The van der Waals surface area contributed by atoms with Gasteiger partial charge in [-0.3, -0.25) is 9.48 Å². The summed E-state index contributed by atoms with van der Waals surface area (Å²) in [6.07, 6.45) is 3.24. The van der Waals surface area contributed by atoms with Crippen LogP contribution < -0.4 is 14.8 Å². The van der Waals surface area contributed by atoms with Crippen LogP contribution in [0.15, 0.2) is 71.2 Å². The van der Waals surface area contributed by atoms with E-state index in [9.17, 15) is 4.79 Å². The quantitative estimate of drug-likeness (QED) is 0.195. The third-order valence-electron chi connectivity index (χ3n) is 5.92. The smallest absolute Gasteiger partial charge is 0.248 e. The van der Waals surface area contributed by atoms with Gasteiger partial charge in [0.25, 0.3) is 0 Å². The predicted octanol–water partition coefficient (Wildman–Crippen LogP) is 7.86. The van der Waals surface area contributed by atoms with Crippen molar-refractivity contribution in [2.24, 2.45) is 0 Å². The molecule has 0 atom stereocenters. The lowest BCUT2D eigenvalue weighted by Gasteiger charge is -2.12. The number of nitrogens with one attached hydrogen (secondary N) is 1. The summed E-state index contributed by atoms with van der Waals surface area (Å²) in [5.74, 6) is 1.10. The molecule has 1 amide bonds. The maximum absolute atomic E-state index is 12.8. The number of methoxy groups -OCH3 is 1. The summed E-state index contributed by atoms with van der Waals surface area (Å²) in [4.78, 5) is 12.8. The van der Waals surface area contributed by atoms with Gasteiger partial charge in [-0.05, 0) is 83.4 Å². The molecule has 196 valence electrons. The van der Waals surface area contributed by atoms with Crippen LogP contribution in [0.2, 0.25) is 10.0 Å². The molecule has 0 aliphatic heterocycles. The largest absolute Gasteiger partial charge is 0.496 e. The Bertz CT molecular complexity index is 1500. The molecule has 0 unspecified atom stereocenters. The normalized spacial score (nSPS) is 11.1. The first-order chi connectivity index (χ1) is 18.2. The van der Waals surface area contributed by atoms with E-state index in [2.05, 4.69) is 26.3 Å². The second kappa shape index (κ2) is 12.5. The number of halogens is 3. The van der Waals surface area contributed by atoms with E-state index in [1.54, 1.807) is 31.4 Å². The fourth-order valence-corrected chi connectivity index (χ4v) is 4.91. The van der Waals surface area contributed by atoms with Crippen molar-refractivity contribution in [3.8, 4) is 11.5 Å². The van der Waals surface area contributed by atoms with E-state index in [0.29, 0.717) is 33.8 Å². The van der Waals surface area contributed by atoms with Crippen molar-refractivity contribution in [3.63, 3.8) is 0 Å². The minimum absolute atomic E-state index is 0.257. The lowest BCUT2D eigenvalue weighted by Crippen LogP contribution is -2.10. The number of benzene rings is 3. The molecule has 4 aromatic rings. The minimum Gasteiger partial charge on any atom is -0.496 e. The van der Waals surface area contributed by atoms with E-state index in [1.807, 2.05) is 61.0 Å². The second-order valence-corrected chi connectivity index (χ2v) is 10.3. The first kappa shape index (κ1) is 27.8. The fraction of sp³-hybridized carbons (Fsp3) is 0.172. The highest BCUT2D eigenvalue weighted by atomic mass is 79.9. The monoisotopic (exact) mass is 613 g/mol.